The van der Waals surface area contributed by atoms with Crippen molar-refractivity contribution < 1.29 is 0 Å². The molecule has 0 bridgehead atoms. The van der Waals surface area contributed by atoms with Crippen LogP contribution in [0.2, 0.25) is 0 Å². The van der Waals surface area contributed by atoms with Crippen LogP contribution >= 0.6 is 21.5 Å². The lowest BCUT2D eigenvalue weighted by Gasteiger charge is -2.08. The number of benzene rings is 1. The molecule has 0 unspecified atom stereocenters. The third kappa shape index (κ3) is 1.85. The van der Waals surface area contributed by atoms with Crippen molar-refractivity contribution in [3.8, 4) is 0 Å². The van der Waals surface area contributed by atoms with Gasteiger partial charge in [0.25, 0.3) is 0 Å². The van der Waals surface area contributed by atoms with Gasteiger partial charge in [0.15, 0.2) is 21.5 Å². The molecule has 1 aromatic rings. The summed E-state index contributed by atoms with van der Waals surface area (Å²) in [7, 11) is 0. The summed E-state index contributed by atoms with van der Waals surface area (Å²) in [6.07, 6.45) is 0. The van der Waals surface area contributed by atoms with Gasteiger partial charge in [-0.2, -0.15) is 0 Å². The fraction of sp³-hybridized carbons (Fsp3) is 0. The normalized spacial score (nSPS) is 10.8. The number of halogens is 1. The Morgan fingerprint density at radius 3 is 2.00 bits per heavy atom. The third-order valence-corrected chi connectivity index (χ3v) is 6.80. The Bertz CT molecular complexity index is 271. The van der Waals surface area contributed by atoms with Crippen molar-refractivity contribution in [3.05, 3.63) is 55.1 Å². The average molecular weight is 242 g/mol. The highest BCUT2D eigenvalue weighted by Gasteiger charge is 2.30. The molecule has 62 valence electrons. The molecule has 1 rings (SSSR count). The van der Waals surface area contributed by atoms with Gasteiger partial charge in [-0.3, -0.25) is 0 Å². The minimum atomic E-state index is -1.44. The van der Waals surface area contributed by atoms with E-state index in [1.807, 2.05) is 29.8 Å². The lowest BCUT2D eigenvalue weighted by molar-refractivity contribution is 1.77. The van der Waals surface area contributed by atoms with E-state index >= 15 is 0 Å². The first-order valence-corrected chi connectivity index (χ1v) is 7.58. The Balaban J connectivity index is 3.11. The van der Waals surface area contributed by atoms with Gasteiger partial charge in [0.2, 0.25) is 0 Å². The molecule has 1 aromatic carbocycles. The Kier molecular flexibility index (Phi) is 3.25. The van der Waals surface area contributed by atoms with Crippen LogP contribution in [0, 0.1) is 0 Å². The van der Waals surface area contributed by atoms with E-state index in [2.05, 4.69) is 40.8 Å². The second-order valence-corrected chi connectivity index (χ2v) is 8.53. The van der Waals surface area contributed by atoms with Crippen LogP contribution in [0.3, 0.4) is 0 Å². The molecule has 0 amide bonds. The van der Waals surface area contributed by atoms with Gasteiger partial charge in [-0.25, -0.2) is 0 Å². The molecule has 0 aromatic heterocycles. The molecular formula is C10H11BrP+. The number of rotatable bonds is 3. The van der Waals surface area contributed by atoms with Crippen molar-refractivity contribution in [2.45, 2.75) is 0 Å². The summed E-state index contributed by atoms with van der Waals surface area (Å²) in [5.41, 5.74) is 0. The zero-order valence-electron chi connectivity index (χ0n) is 6.78. The summed E-state index contributed by atoms with van der Waals surface area (Å²) in [6, 6.07) is 10.2. The van der Waals surface area contributed by atoms with Crippen molar-refractivity contribution >= 4 is 26.8 Å². The van der Waals surface area contributed by atoms with E-state index in [9.17, 15) is 0 Å². The second-order valence-electron chi connectivity index (χ2n) is 2.39. The Hall–Kier alpha value is -0.390. The van der Waals surface area contributed by atoms with Crippen molar-refractivity contribution in [1.29, 1.82) is 0 Å². The third-order valence-electron chi connectivity index (χ3n) is 1.68. The highest BCUT2D eigenvalue weighted by Crippen LogP contribution is 2.67. The van der Waals surface area contributed by atoms with Crippen molar-refractivity contribution in [1.82, 2.24) is 0 Å². The van der Waals surface area contributed by atoms with Crippen LogP contribution in [0.25, 0.3) is 0 Å². The molecule has 0 aliphatic heterocycles. The SMILES string of the molecule is C=C[P+](Br)(C=C)c1ccccc1. The zero-order valence-corrected chi connectivity index (χ0v) is 9.26. The second kappa shape index (κ2) is 4.02. The highest BCUT2D eigenvalue weighted by atomic mass is 79.9. The van der Waals surface area contributed by atoms with Gasteiger partial charge >= 0.3 is 0 Å². The fourth-order valence-corrected chi connectivity index (χ4v) is 2.85. The van der Waals surface area contributed by atoms with Crippen LogP contribution < -0.4 is 5.30 Å². The molecule has 0 aliphatic rings. The first kappa shape index (κ1) is 9.70. The largest absolute Gasteiger partial charge is 0.165 e. The minimum absolute atomic E-state index is 1.26. The van der Waals surface area contributed by atoms with Crippen LogP contribution in [-0.4, -0.2) is 0 Å². The van der Waals surface area contributed by atoms with E-state index in [1.165, 1.54) is 5.30 Å². The Morgan fingerprint density at radius 2 is 1.58 bits per heavy atom. The molecule has 12 heavy (non-hydrogen) atoms. The Morgan fingerprint density at radius 1 is 1.08 bits per heavy atom. The topological polar surface area (TPSA) is 0 Å². The first-order valence-electron chi connectivity index (χ1n) is 3.64. The minimum Gasteiger partial charge on any atom is -0.0622 e. The molecule has 0 aliphatic carbocycles. The maximum Gasteiger partial charge on any atom is 0.165 e. The fourth-order valence-electron chi connectivity index (χ4n) is 0.942. The van der Waals surface area contributed by atoms with E-state index in [-0.39, 0.29) is 0 Å². The molecule has 0 nitrogen and oxygen atoms in total. The summed E-state index contributed by atoms with van der Waals surface area (Å²) >= 11 is 3.67. The smallest absolute Gasteiger partial charge is 0.0622 e. The maximum absolute atomic E-state index is 3.81. The molecule has 2 heteroatoms. The molecule has 0 spiro atoms. The monoisotopic (exact) mass is 241 g/mol. The molecule has 0 saturated carbocycles. The quantitative estimate of drug-likeness (QED) is 0.704. The van der Waals surface area contributed by atoms with Gasteiger partial charge in [-0.1, -0.05) is 31.4 Å². The molecule has 0 saturated heterocycles. The van der Waals surface area contributed by atoms with E-state index in [0.29, 0.717) is 0 Å². The highest BCUT2D eigenvalue weighted by molar-refractivity contribution is 9.43. The van der Waals surface area contributed by atoms with Crippen LogP contribution in [0.5, 0.6) is 0 Å². The summed E-state index contributed by atoms with van der Waals surface area (Å²) in [5.74, 6) is 2.44. The molecule has 0 radical (unpaired) electrons. The lowest BCUT2D eigenvalue weighted by atomic mass is 10.4. The average Bonchev–Trinajstić information content (AvgIpc) is 2.18. The van der Waals surface area contributed by atoms with Gasteiger partial charge in [0.05, 0.1) is 11.6 Å². The van der Waals surface area contributed by atoms with Crippen LogP contribution in [-0.2, 0) is 0 Å². The van der Waals surface area contributed by atoms with Gasteiger partial charge in [-0.05, 0) is 12.1 Å². The summed E-state index contributed by atoms with van der Waals surface area (Å²) < 4.78 is 0. The standard InChI is InChI=1S/C10H11BrP/c1-3-12(11,4-2)10-8-6-5-7-9-10/h3-9H,1-2H2/q+1. The summed E-state index contributed by atoms with van der Waals surface area (Å²) in [5, 5.41) is 1.26. The number of hydrogen-bond donors (Lipinski definition) is 0. The molecule has 0 heterocycles. The predicted octanol–water partition coefficient (Wildman–Crippen LogP) is 3.93. The van der Waals surface area contributed by atoms with Gasteiger partial charge < -0.3 is 0 Å². The zero-order chi connectivity index (χ0) is 9.03. The summed E-state index contributed by atoms with van der Waals surface area (Å²) in [6.45, 7) is 7.62. The molecule has 0 atom stereocenters. The van der Waals surface area contributed by atoms with E-state index in [4.69, 9.17) is 0 Å². The van der Waals surface area contributed by atoms with E-state index in [1.54, 1.807) is 0 Å². The lowest BCUT2D eigenvalue weighted by Crippen LogP contribution is -2.00. The maximum atomic E-state index is 3.81. The predicted molar refractivity (Wildman–Crippen MR) is 62.3 cm³/mol. The van der Waals surface area contributed by atoms with Crippen LogP contribution in [0.4, 0.5) is 0 Å². The van der Waals surface area contributed by atoms with Crippen molar-refractivity contribution in [3.63, 3.8) is 0 Å². The van der Waals surface area contributed by atoms with E-state index < -0.39 is 5.96 Å². The first-order chi connectivity index (χ1) is 5.73. The molecular weight excluding hydrogens is 231 g/mol. The molecule has 0 N–H and O–H groups in total. The van der Waals surface area contributed by atoms with Crippen LogP contribution in [0.1, 0.15) is 0 Å². The van der Waals surface area contributed by atoms with Gasteiger partial charge in [0.1, 0.15) is 5.30 Å². The van der Waals surface area contributed by atoms with Crippen molar-refractivity contribution in [2.24, 2.45) is 0 Å². The Labute approximate surface area is 82.1 Å². The molecule has 0 fully saturated rings. The van der Waals surface area contributed by atoms with Crippen LogP contribution in [0.15, 0.2) is 55.1 Å². The van der Waals surface area contributed by atoms with E-state index in [0.717, 1.165) is 0 Å². The van der Waals surface area contributed by atoms with Gasteiger partial charge in [0, 0.05) is 0 Å². The number of hydrogen-bond acceptors (Lipinski definition) is 0. The van der Waals surface area contributed by atoms with Gasteiger partial charge in [-0.15, -0.1) is 0 Å². The summed E-state index contributed by atoms with van der Waals surface area (Å²) in [4.78, 5) is 0. The van der Waals surface area contributed by atoms with Crippen molar-refractivity contribution in [2.75, 3.05) is 0 Å².